The van der Waals surface area contributed by atoms with Gasteiger partial charge in [0.1, 0.15) is 11.6 Å². The average Bonchev–Trinajstić information content (AvgIpc) is 2.62. The number of fused-ring (bicyclic) bond motifs is 1. The lowest BCUT2D eigenvalue weighted by Crippen LogP contribution is -2.36. The minimum Gasteiger partial charge on any atom is -0.398 e. The number of ketones is 2. The fraction of sp³-hybridized carbons (Fsp3) is 0.333. The van der Waals surface area contributed by atoms with Crippen molar-refractivity contribution in [1.29, 1.82) is 0 Å². The van der Waals surface area contributed by atoms with Crippen LogP contribution in [0.1, 0.15) is 42.0 Å². The maximum absolute atomic E-state index is 13.2. The van der Waals surface area contributed by atoms with Crippen molar-refractivity contribution in [3.05, 3.63) is 34.4 Å². The number of carbonyl (C=O) groups is 2. The third kappa shape index (κ3) is 2.12. The minimum atomic E-state index is -3.54. The van der Waals surface area contributed by atoms with E-state index >= 15 is 0 Å². The van der Waals surface area contributed by atoms with Gasteiger partial charge in [-0.3, -0.25) is 19.0 Å². The number of anilines is 1. The number of hydrogen-bond acceptors (Lipinski definition) is 5. The Balaban J connectivity index is 2.54. The van der Waals surface area contributed by atoms with Crippen LogP contribution in [0, 0.1) is 6.88 Å². The molecular weight excluding hydrogens is 270 g/mol. The Labute approximate surface area is 131 Å². The lowest BCUT2D eigenvalue weighted by atomic mass is 9.92. The smallest absolute Gasteiger partial charge is 0.264 e. The first kappa shape index (κ1) is 6.98. The number of benzene rings is 1. The number of aryl methyl sites for hydroxylation is 1. The van der Waals surface area contributed by atoms with Crippen LogP contribution in [0.4, 0.5) is 5.69 Å². The SMILES string of the molecule is [2H]c1ccc2nc(C([2H])[2H])n(C3([2H])C(=O)CC(=O)C([2H])([2H])C3([2H])[2H])c(=O)c2c1N. The Morgan fingerprint density at radius 2 is 2.38 bits per heavy atom. The predicted molar refractivity (Wildman–Crippen MR) is 78.1 cm³/mol. The van der Waals surface area contributed by atoms with Crippen LogP contribution in [0.2, 0.25) is 0 Å². The molecule has 1 fully saturated rings. The molecule has 1 aromatic heterocycles. The highest BCUT2D eigenvalue weighted by Crippen LogP contribution is 2.24. The molecule has 1 aliphatic carbocycles. The molecule has 1 aromatic carbocycles. The van der Waals surface area contributed by atoms with Crippen molar-refractivity contribution >= 4 is 28.2 Å². The Morgan fingerprint density at radius 1 is 1.57 bits per heavy atom. The molecule has 2 aromatic rings. The average molecular weight is 293 g/mol. The Morgan fingerprint density at radius 3 is 3.14 bits per heavy atom. The largest absolute Gasteiger partial charge is 0.398 e. The highest BCUT2D eigenvalue weighted by atomic mass is 16.2. The highest BCUT2D eigenvalue weighted by molar-refractivity contribution is 6.03. The molecule has 0 bridgehead atoms. The van der Waals surface area contributed by atoms with Crippen LogP contribution in [0.25, 0.3) is 10.9 Å². The van der Waals surface area contributed by atoms with Gasteiger partial charge in [-0.1, -0.05) is 6.07 Å². The summed E-state index contributed by atoms with van der Waals surface area (Å²) in [5.41, 5.74) is 3.97. The van der Waals surface area contributed by atoms with Crippen LogP contribution < -0.4 is 11.3 Å². The fourth-order valence-electron chi connectivity index (χ4n) is 2.08. The number of rotatable bonds is 1. The summed E-state index contributed by atoms with van der Waals surface area (Å²) < 4.78 is 63.6. The van der Waals surface area contributed by atoms with Gasteiger partial charge in [-0.15, -0.1) is 0 Å². The Bertz CT molecular complexity index is 1130. The second kappa shape index (κ2) is 4.80. The van der Waals surface area contributed by atoms with Gasteiger partial charge < -0.3 is 5.73 Å². The van der Waals surface area contributed by atoms with Gasteiger partial charge in [-0.05, 0) is 25.4 Å². The summed E-state index contributed by atoms with van der Waals surface area (Å²) in [6, 6.07) is -1.20. The second-order valence-corrected chi connectivity index (χ2v) is 4.38. The summed E-state index contributed by atoms with van der Waals surface area (Å²) >= 11 is 0. The third-order valence-corrected chi connectivity index (χ3v) is 3.02. The monoisotopic (exact) mass is 293 g/mol. The van der Waals surface area contributed by atoms with Crippen molar-refractivity contribution in [1.82, 2.24) is 9.55 Å². The lowest BCUT2D eigenvalue weighted by Gasteiger charge is -2.24. The van der Waals surface area contributed by atoms with E-state index in [1.165, 1.54) is 12.1 Å². The van der Waals surface area contributed by atoms with Gasteiger partial charge in [0.05, 0.1) is 26.1 Å². The lowest BCUT2D eigenvalue weighted by molar-refractivity contribution is -0.132. The summed E-state index contributed by atoms with van der Waals surface area (Å²) in [4.78, 5) is 41.7. The zero-order chi connectivity index (χ0) is 22.1. The molecule has 1 aliphatic rings. The molecule has 0 amide bonds. The number of nitrogen functional groups attached to an aromatic ring is 1. The van der Waals surface area contributed by atoms with E-state index in [1.807, 2.05) is 0 Å². The highest BCUT2D eigenvalue weighted by Gasteiger charge is 2.30. The number of carbonyl (C=O) groups excluding carboxylic acids is 2. The zero-order valence-electron chi connectivity index (χ0n) is 18.6. The normalized spacial score (nSPS) is 33.2. The molecular formula is C15H15N3O3. The van der Waals surface area contributed by atoms with Gasteiger partial charge in [0, 0.05) is 20.3 Å². The van der Waals surface area contributed by atoms with Crippen molar-refractivity contribution < 1.29 is 20.6 Å². The molecule has 3 rings (SSSR count). The maximum Gasteiger partial charge on any atom is 0.264 e. The van der Waals surface area contributed by atoms with E-state index in [9.17, 15) is 14.4 Å². The molecule has 1 unspecified atom stereocenters. The van der Waals surface area contributed by atoms with Crippen LogP contribution in [-0.4, -0.2) is 21.1 Å². The van der Waals surface area contributed by atoms with E-state index < -0.39 is 60.4 Å². The summed E-state index contributed by atoms with van der Waals surface area (Å²) in [6.45, 7) is -2.06. The molecule has 6 heteroatoms. The van der Waals surface area contributed by atoms with Crippen molar-refractivity contribution in [2.24, 2.45) is 0 Å². The number of nitrogens with zero attached hydrogens (tertiary/aromatic N) is 2. The van der Waals surface area contributed by atoms with Crippen molar-refractivity contribution in [3.63, 3.8) is 0 Å². The van der Waals surface area contributed by atoms with Gasteiger partial charge >= 0.3 is 0 Å². The molecule has 0 spiro atoms. The molecule has 108 valence electrons. The summed E-state index contributed by atoms with van der Waals surface area (Å²) in [5.74, 6) is -3.61. The van der Waals surface area contributed by atoms with Crippen molar-refractivity contribution in [2.45, 2.75) is 32.1 Å². The van der Waals surface area contributed by atoms with Crippen LogP contribution in [0.15, 0.2) is 23.0 Å². The van der Waals surface area contributed by atoms with Crippen LogP contribution in [0.5, 0.6) is 0 Å². The quantitative estimate of drug-likeness (QED) is 0.628. The van der Waals surface area contributed by atoms with Crippen LogP contribution in [0.3, 0.4) is 0 Å². The zero-order valence-corrected chi connectivity index (χ0v) is 10.6. The van der Waals surface area contributed by atoms with Gasteiger partial charge in [0.25, 0.3) is 5.56 Å². The van der Waals surface area contributed by atoms with Crippen LogP contribution in [-0.2, 0) is 9.59 Å². The van der Waals surface area contributed by atoms with E-state index in [-0.39, 0.29) is 21.8 Å². The first-order chi connectivity index (χ1) is 13.2. The molecule has 1 saturated carbocycles. The number of aromatic nitrogens is 2. The maximum atomic E-state index is 13.2. The standard InChI is InChI=1S/C15H15N3O3/c1-8-17-11-4-2-3-10(16)14(11)15(21)18(8)12-6-5-9(19)7-13(12)20/h2-4,12H,5-7,16H2,1H3/i1D2,3D,5D2,6D2,12D. The van der Waals surface area contributed by atoms with Gasteiger partial charge in [-0.25, -0.2) is 4.98 Å². The minimum absolute atomic E-state index is 0.127. The summed E-state index contributed by atoms with van der Waals surface area (Å²) in [6.07, 6.45) is -8.01. The molecule has 2 N–H and O–H groups in total. The van der Waals surface area contributed by atoms with Gasteiger partial charge in [0.2, 0.25) is 0 Å². The van der Waals surface area contributed by atoms with E-state index in [2.05, 4.69) is 4.98 Å². The van der Waals surface area contributed by atoms with Gasteiger partial charge in [-0.2, -0.15) is 0 Å². The number of nitrogens with two attached hydrogens (primary N) is 1. The number of Topliss-reactive ketones (excluding diaryl/α,β-unsaturated/α-hetero) is 2. The van der Waals surface area contributed by atoms with E-state index in [1.54, 1.807) is 0 Å². The summed E-state index contributed by atoms with van der Waals surface area (Å²) in [7, 11) is 0. The van der Waals surface area contributed by atoms with Crippen molar-refractivity contribution in [3.8, 4) is 0 Å². The van der Waals surface area contributed by atoms with E-state index in [0.29, 0.717) is 0 Å². The van der Waals surface area contributed by atoms with Gasteiger partial charge in [0.15, 0.2) is 5.78 Å². The van der Waals surface area contributed by atoms with Crippen LogP contribution >= 0.6 is 0 Å². The molecule has 1 heterocycles. The first-order valence-corrected chi connectivity index (χ1v) is 5.93. The Kier molecular flexibility index (Phi) is 1.59. The fourth-order valence-corrected chi connectivity index (χ4v) is 2.08. The second-order valence-electron chi connectivity index (χ2n) is 4.38. The molecule has 6 nitrogen and oxygen atoms in total. The predicted octanol–water partition coefficient (Wildman–Crippen LogP) is 1.15. The third-order valence-electron chi connectivity index (χ3n) is 3.02. The molecule has 21 heavy (non-hydrogen) atoms. The molecule has 1 atom stereocenters. The Hall–Kier alpha value is -2.50. The topological polar surface area (TPSA) is 95.0 Å². The summed E-state index contributed by atoms with van der Waals surface area (Å²) in [5, 5.41) is -0.436. The first-order valence-electron chi connectivity index (χ1n) is 10.1. The molecule has 0 saturated heterocycles. The van der Waals surface area contributed by atoms with E-state index in [4.69, 9.17) is 16.7 Å². The van der Waals surface area contributed by atoms with Crippen molar-refractivity contribution in [2.75, 3.05) is 5.73 Å². The molecule has 0 radical (unpaired) electrons. The van der Waals surface area contributed by atoms with E-state index in [0.717, 1.165) is 0 Å². The molecule has 0 aliphatic heterocycles. The number of hydrogen-bond donors (Lipinski definition) is 1.